The van der Waals surface area contributed by atoms with E-state index in [2.05, 4.69) is 18.9 Å². The molecule has 3 heteroatoms. The van der Waals surface area contributed by atoms with Crippen LogP contribution in [0.3, 0.4) is 0 Å². The van der Waals surface area contributed by atoms with Gasteiger partial charge in [0, 0.05) is 11.6 Å². The van der Waals surface area contributed by atoms with Gasteiger partial charge in [-0.05, 0) is 65.0 Å². The minimum atomic E-state index is -0.402. The number of aliphatic hydroxyl groups excluding tert-OH is 1. The monoisotopic (exact) mass is 256 g/mol. The van der Waals surface area contributed by atoms with Crippen molar-refractivity contribution in [3.63, 3.8) is 0 Å². The molecule has 1 fully saturated rings. The van der Waals surface area contributed by atoms with Crippen molar-refractivity contribution in [1.82, 2.24) is 4.90 Å². The van der Waals surface area contributed by atoms with E-state index < -0.39 is 5.54 Å². The number of nitrogens with zero attached hydrogens (tertiary/aromatic N) is 1. The van der Waals surface area contributed by atoms with Gasteiger partial charge in [-0.1, -0.05) is 13.3 Å². The molecule has 0 bridgehead atoms. The average molecular weight is 256 g/mol. The van der Waals surface area contributed by atoms with Gasteiger partial charge in [-0.25, -0.2) is 0 Å². The summed E-state index contributed by atoms with van der Waals surface area (Å²) in [6.07, 6.45) is 8.84. The van der Waals surface area contributed by atoms with Crippen molar-refractivity contribution < 1.29 is 5.11 Å². The molecule has 0 aromatic heterocycles. The SMILES string of the molecule is CCC1CCC(N(C)CCCC(C)(N)CO)CC1. The second-order valence-corrected chi connectivity index (χ2v) is 6.48. The molecule has 1 atom stereocenters. The Hall–Kier alpha value is -0.120. The van der Waals surface area contributed by atoms with Gasteiger partial charge in [0.05, 0.1) is 6.61 Å². The zero-order valence-corrected chi connectivity index (χ0v) is 12.5. The maximum Gasteiger partial charge on any atom is 0.0608 e. The van der Waals surface area contributed by atoms with Crippen molar-refractivity contribution in [2.24, 2.45) is 11.7 Å². The second kappa shape index (κ2) is 7.46. The Morgan fingerprint density at radius 3 is 2.39 bits per heavy atom. The maximum absolute atomic E-state index is 9.13. The summed E-state index contributed by atoms with van der Waals surface area (Å²) in [6.45, 7) is 5.43. The van der Waals surface area contributed by atoms with Crippen LogP contribution in [-0.2, 0) is 0 Å². The van der Waals surface area contributed by atoms with E-state index in [1.54, 1.807) is 0 Å². The van der Waals surface area contributed by atoms with Gasteiger partial charge < -0.3 is 15.7 Å². The van der Waals surface area contributed by atoms with Crippen LogP contribution < -0.4 is 5.73 Å². The molecule has 0 spiro atoms. The number of hydrogen-bond donors (Lipinski definition) is 2. The third kappa shape index (κ3) is 5.25. The van der Waals surface area contributed by atoms with Gasteiger partial charge in [-0.3, -0.25) is 0 Å². The molecule has 0 aliphatic heterocycles. The largest absolute Gasteiger partial charge is 0.394 e. The zero-order chi connectivity index (χ0) is 13.6. The Kier molecular flexibility index (Phi) is 6.61. The van der Waals surface area contributed by atoms with Gasteiger partial charge in [-0.15, -0.1) is 0 Å². The van der Waals surface area contributed by atoms with Crippen molar-refractivity contribution in [2.75, 3.05) is 20.2 Å². The third-order valence-corrected chi connectivity index (χ3v) is 4.64. The van der Waals surface area contributed by atoms with Gasteiger partial charge in [0.2, 0.25) is 0 Å². The van der Waals surface area contributed by atoms with Crippen LogP contribution in [0.2, 0.25) is 0 Å². The molecule has 1 aliphatic carbocycles. The Morgan fingerprint density at radius 2 is 1.89 bits per heavy atom. The molecule has 0 amide bonds. The predicted octanol–water partition coefficient (Wildman–Crippen LogP) is 2.38. The van der Waals surface area contributed by atoms with Crippen LogP contribution in [0.5, 0.6) is 0 Å². The lowest BCUT2D eigenvalue weighted by atomic mass is 9.84. The maximum atomic E-state index is 9.13. The summed E-state index contributed by atoms with van der Waals surface area (Å²) in [5, 5.41) is 9.13. The molecule has 3 nitrogen and oxygen atoms in total. The molecule has 1 aliphatic rings. The molecule has 0 aromatic rings. The van der Waals surface area contributed by atoms with Crippen LogP contribution in [0.25, 0.3) is 0 Å². The van der Waals surface area contributed by atoms with E-state index in [0.29, 0.717) is 0 Å². The normalized spacial score (nSPS) is 28.3. The molecule has 0 aromatic carbocycles. The van der Waals surface area contributed by atoms with Crippen molar-refractivity contribution in [3.05, 3.63) is 0 Å². The Bertz CT molecular complexity index is 223. The van der Waals surface area contributed by atoms with Gasteiger partial charge >= 0.3 is 0 Å². The summed E-state index contributed by atoms with van der Waals surface area (Å²) in [7, 11) is 2.24. The molecular weight excluding hydrogens is 224 g/mol. The van der Waals surface area contributed by atoms with Crippen molar-refractivity contribution >= 4 is 0 Å². The fraction of sp³-hybridized carbons (Fsp3) is 1.00. The van der Waals surface area contributed by atoms with E-state index in [0.717, 1.165) is 31.3 Å². The van der Waals surface area contributed by atoms with Crippen molar-refractivity contribution in [1.29, 1.82) is 0 Å². The fourth-order valence-electron chi connectivity index (χ4n) is 2.99. The molecule has 0 radical (unpaired) electrons. The average Bonchev–Trinajstić information content (AvgIpc) is 2.38. The highest BCUT2D eigenvalue weighted by molar-refractivity contribution is 4.80. The highest BCUT2D eigenvalue weighted by Crippen LogP contribution is 2.29. The first kappa shape index (κ1) is 15.9. The first-order valence-corrected chi connectivity index (χ1v) is 7.58. The smallest absolute Gasteiger partial charge is 0.0608 e. The quantitative estimate of drug-likeness (QED) is 0.735. The van der Waals surface area contributed by atoms with E-state index in [1.807, 2.05) is 6.92 Å². The number of nitrogens with two attached hydrogens (primary N) is 1. The summed E-state index contributed by atoms with van der Waals surface area (Å²) in [6, 6.07) is 0.769. The zero-order valence-electron chi connectivity index (χ0n) is 12.5. The summed E-state index contributed by atoms with van der Waals surface area (Å²) < 4.78 is 0. The summed E-state index contributed by atoms with van der Waals surface area (Å²) >= 11 is 0. The lowest BCUT2D eigenvalue weighted by Crippen LogP contribution is -2.41. The molecule has 3 N–H and O–H groups in total. The van der Waals surface area contributed by atoms with Crippen LogP contribution in [0.15, 0.2) is 0 Å². The van der Waals surface area contributed by atoms with Crippen LogP contribution in [0, 0.1) is 5.92 Å². The lowest BCUT2D eigenvalue weighted by Gasteiger charge is -2.35. The Labute approximate surface area is 113 Å². The minimum Gasteiger partial charge on any atom is -0.394 e. The van der Waals surface area contributed by atoms with E-state index in [-0.39, 0.29) is 6.61 Å². The van der Waals surface area contributed by atoms with Gasteiger partial charge in [0.1, 0.15) is 0 Å². The number of hydrogen-bond acceptors (Lipinski definition) is 3. The molecular formula is C15H32N2O. The lowest BCUT2D eigenvalue weighted by molar-refractivity contribution is 0.150. The highest BCUT2D eigenvalue weighted by atomic mass is 16.3. The van der Waals surface area contributed by atoms with Crippen LogP contribution in [-0.4, -0.2) is 41.8 Å². The number of aliphatic hydroxyl groups is 1. The summed E-state index contributed by atoms with van der Waals surface area (Å²) in [5.41, 5.74) is 5.55. The van der Waals surface area contributed by atoms with E-state index >= 15 is 0 Å². The molecule has 18 heavy (non-hydrogen) atoms. The molecule has 1 unspecified atom stereocenters. The molecule has 1 saturated carbocycles. The standard InChI is InChI=1S/C15H32N2O/c1-4-13-6-8-14(9-7-13)17(3)11-5-10-15(2,16)12-18/h13-14,18H,4-12,16H2,1-3H3. The van der Waals surface area contributed by atoms with Crippen molar-refractivity contribution in [3.8, 4) is 0 Å². The first-order valence-electron chi connectivity index (χ1n) is 7.58. The van der Waals surface area contributed by atoms with Crippen LogP contribution >= 0.6 is 0 Å². The van der Waals surface area contributed by atoms with Gasteiger partial charge in [-0.2, -0.15) is 0 Å². The fourth-order valence-corrected chi connectivity index (χ4v) is 2.99. The molecule has 0 heterocycles. The minimum absolute atomic E-state index is 0.0817. The van der Waals surface area contributed by atoms with Crippen molar-refractivity contribution in [2.45, 2.75) is 70.4 Å². The third-order valence-electron chi connectivity index (χ3n) is 4.64. The Morgan fingerprint density at radius 1 is 1.28 bits per heavy atom. The number of rotatable bonds is 7. The molecule has 108 valence electrons. The topological polar surface area (TPSA) is 49.5 Å². The van der Waals surface area contributed by atoms with Gasteiger partial charge in [0.15, 0.2) is 0 Å². The molecule has 1 rings (SSSR count). The first-order chi connectivity index (χ1) is 8.48. The Balaban J connectivity index is 2.19. The van der Waals surface area contributed by atoms with E-state index in [1.165, 1.54) is 32.1 Å². The van der Waals surface area contributed by atoms with E-state index in [4.69, 9.17) is 10.8 Å². The van der Waals surface area contributed by atoms with Gasteiger partial charge in [0.25, 0.3) is 0 Å². The van der Waals surface area contributed by atoms with Crippen LogP contribution in [0.4, 0.5) is 0 Å². The second-order valence-electron chi connectivity index (χ2n) is 6.48. The molecule has 0 saturated heterocycles. The van der Waals surface area contributed by atoms with E-state index in [9.17, 15) is 0 Å². The summed E-state index contributed by atoms with van der Waals surface area (Å²) in [4.78, 5) is 2.50. The summed E-state index contributed by atoms with van der Waals surface area (Å²) in [5.74, 6) is 0.969. The predicted molar refractivity (Wildman–Crippen MR) is 77.6 cm³/mol. The highest BCUT2D eigenvalue weighted by Gasteiger charge is 2.23. The van der Waals surface area contributed by atoms with Crippen LogP contribution in [0.1, 0.15) is 58.8 Å².